The highest BCUT2D eigenvalue weighted by molar-refractivity contribution is 7.69. The minimum atomic E-state index is -0.424. The maximum atomic E-state index is 5.77. The van der Waals surface area contributed by atoms with Gasteiger partial charge in [0.05, 0.1) is 0 Å². The number of allylic oxidation sites excluding steroid dienone is 4. The van der Waals surface area contributed by atoms with Gasteiger partial charge in [-0.05, 0) is 36.3 Å². The molecule has 0 saturated heterocycles. The van der Waals surface area contributed by atoms with Crippen molar-refractivity contribution in [3.05, 3.63) is 89.3 Å². The first kappa shape index (κ1) is 15.0. The molecule has 0 aromatic heterocycles. The molecule has 0 fully saturated rings. The van der Waals surface area contributed by atoms with Gasteiger partial charge >= 0.3 is 0 Å². The fourth-order valence-electron chi connectivity index (χ4n) is 2.65. The molecule has 3 rings (SSSR count). The van der Waals surface area contributed by atoms with E-state index >= 15 is 0 Å². The van der Waals surface area contributed by atoms with E-state index in [0.717, 1.165) is 12.8 Å². The Morgan fingerprint density at radius 2 is 1.91 bits per heavy atom. The van der Waals surface area contributed by atoms with Crippen LogP contribution in [-0.4, -0.2) is 5.80 Å². The van der Waals surface area contributed by atoms with E-state index in [2.05, 4.69) is 78.6 Å². The third kappa shape index (κ3) is 3.62. The van der Waals surface area contributed by atoms with Crippen LogP contribution >= 0.6 is 7.55 Å². The number of rotatable bonds is 4. The Labute approximate surface area is 133 Å². The van der Waals surface area contributed by atoms with Gasteiger partial charge in [-0.25, -0.2) is 0 Å². The van der Waals surface area contributed by atoms with Gasteiger partial charge in [0, 0.05) is 18.5 Å². The van der Waals surface area contributed by atoms with Crippen LogP contribution in [0.1, 0.15) is 24.0 Å². The van der Waals surface area contributed by atoms with Gasteiger partial charge in [0.1, 0.15) is 11.1 Å². The van der Waals surface area contributed by atoms with Gasteiger partial charge in [-0.1, -0.05) is 48.6 Å². The average Bonchev–Trinajstić information content (AvgIpc) is 2.61. The second-order valence-electron chi connectivity index (χ2n) is 5.41. The molecule has 0 bridgehead atoms. The zero-order chi connectivity index (χ0) is 15.2. The smallest absolute Gasteiger partial charge is 0.166 e. The maximum absolute atomic E-state index is 5.77. The molecule has 0 amide bonds. The van der Waals surface area contributed by atoms with Crippen molar-refractivity contribution in [3.8, 4) is 0 Å². The average molecular weight is 306 g/mol. The van der Waals surface area contributed by atoms with Crippen LogP contribution in [0.3, 0.4) is 0 Å². The van der Waals surface area contributed by atoms with Crippen LogP contribution in [0.4, 0.5) is 0 Å². The molecule has 110 valence electrons. The molecule has 2 heteroatoms. The van der Waals surface area contributed by atoms with Gasteiger partial charge in [0.15, 0.2) is 12.8 Å². The lowest BCUT2D eigenvalue weighted by molar-refractivity contribution is 1.02. The van der Waals surface area contributed by atoms with Crippen molar-refractivity contribution in [2.75, 3.05) is 0 Å². The van der Waals surface area contributed by atoms with Gasteiger partial charge < -0.3 is 5.73 Å². The van der Waals surface area contributed by atoms with Crippen molar-refractivity contribution in [3.63, 3.8) is 0 Å². The fraction of sp³-hybridized carbons (Fsp3) is 0.150. The van der Waals surface area contributed by atoms with Crippen molar-refractivity contribution < 1.29 is 0 Å². The summed E-state index contributed by atoms with van der Waals surface area (Å²) in [5, 5.41) is 2.96. The fourth-order valence-corrected chi connectivity index (χ4v) is 4.87. The molecule has 0 heterocycles. The van der Waals surface area contributed by atoms with Crippen molar-refractivity contribution in [1.82, 2.24) is 0 Å². The number of hydrogen-bond acceptors (Lipinski definition) is 1. The van der Waals surface area contributed by atoms with Crippen molar-refractivity contribution in [1.29, 1.82) is 0 Å². The molecule has 1 unspecified atom stereocenters. The highest BCUT2D eigenvalue weighted by Crippen LogP contribution is 2.38. The lowest BCUT2D eigenvalue weighted by Gasteiger charge is -2.04. The summed E-state index contributed by atoms with van der Waals surface area (Å²) >= 11 is 0. The van der Waals surface area contributed by atoms with Crippen LogP contribution in [0.25, 0.3) is 0 Å². The van der Waals surface area contributed by atoms with E-state index < -0.39 is 7.55 Å². The highest BCUT2D eigenvalue weighted by atomic mass is 31.1. The van der Waals surface area contributed by atoms with Crippen molar-refractivity contribution in [2.24, 2.45) is 5.73 Å². The van der Waals surface area contributed by atoms with E-state index in [1.165, 1.54) is 16.4 Å². The second kappa shape index (κ2) is 7.35. The van der Waals surface area contributed by atoms with E-state index in [0.29, 0.717) is 6.54 Å². The quantitative estimate of drug-likeness (QED) is 0.836. The largest absolute Gasteiger partial charge is 0.326 e. The maximum Gasteiger partial charge on any atom is 0.166 e. The molecule has 0 radical (unpaired) electrons. The summed E-state index contributed by atoms with van der Waals surface area (Å²) in [6, 6.07) is 19.4. The van der Waals surface area contributed by atoms with E-state index in [9.17, 15) is 0 Å². The first-order chi connectivity index (χ1) is 10.9. The van der Waals surface area contributed by atoms with Crippen LogP contribution in [0.5, 0.6) is 0 Å². The van der Waals surface area contributed by atoms with Crippen LogP contribution in [-0.2, 0) is 6.54 Å². The molecule has 22 heavy (non-hydrogen) atoms. The van der Waals surface area contributed by atoms with Crippen molar-refractivity contribution in [2.45, 2.75) is 19.4 Å². The molecule has 0 spiro atoms. The lowest BCUT2D eigenvalue weighted by atomic mass is 10.1. The Morgan fingerprint density at radius 1 is 1.05 bits per heavy atom. The normalized spacial score (nSPS) is 14.8. The summed E-state index contributed by atoms with van der Waals surface area (Å²) in [5.41, 5.74) is 8.24. The molecule has 1 aliphatic rings. The summed E-state index contributed by atoms with van der Waals surface area (Å²) in [6.07, 6.45) is 9.04. The third-order valence-corrected chi connectivity index (χ3v) is 6.20. The zero-order valence-electron chi connectivity index (χ0n) is 12.7. The van der Waals surface area contributed by atoms with Gasteiger partial charge in [-0.2, -0.15) is 0 Å². The van der Waals surface area contributed by atoms with Crippen LogP contribution in [0.2, 0.25) is 0 Å². The second-order valence-corrected chi connectivity index (χ2v) is 7.50. The number of benzene rings is 2. The molecule has 2 aromatic carbocycles. The van der Waals surface area contributed by atoms with Gasteiger partial charge in [0.25, 0.3) is 0 Å². The minimum Gasteiger partial charge on any atom is -0.326 e. The SMILES string of the molecule is NCc1cccc(/C=[P+](/C2=CC=CCC2)c2ccccc2)c1. The number of hydrogen-bond donors (Lipinski definition) is 1. The highest BCUT2D eigenvalue weighted by Gasteiger charge is 2.21. The summed E-state index contributed by atoms with van der Waals surface area (Å²) in [5.74, 6) is 2.43. The third-order valence-electron chi connectivity index (χ3n) is 3.80. The first-order valence-electron chi connectivity index (χ1n) is 7.71. The Balaban J connectivity index is 2.06. The predicted molar refractivity (Wildman–Crippen MR) is 99.0 cm³/mol. The Kier molecular flexibility index (Phi) is 5.00. The summed E-state index contributed by atoms with van der Waals surface area (Å²) in [7, 11) is -0.424. The predicted octanol–water partition coefficient (Wildman–Crippen LogP) is 4.34. The molecule has 1 nitrogen and oxygen atoms in total. The van der Waals surface area contributed by atoms with E-state index in [4.69, 9.17) is 5.73 Å². The Bertz CT molecular complexity index is 726. The minimum absolute atomic E-state index is 0.424. The Morgan fingerprint density at radius 3 is 2.64 bits per heavy atom. The van der Waals surface area contributed by atoms with Gasteiger partial charge in [0.2, 0.25) is 0 Å². The van der Waals surface area contributed by atoms with E-state index in [1.807, 2.05) is 0 Å². The monoisotopic (exact) mass is 306 g/mol. The summed E-state index contributed by atoms with van der Waals surface area (Å²) < 4.78 is 0. The van der Waals surface area contributed by atoms with Gasteiger partial charge in [-0.15, -0.1) is 0 Å². The molecule has 2 aromatic rings. The standard InChI is InChI=1S/C20H21NP/c21-15-17-8-7-9-18(14-17)16-22(19-10-3-1-4-11-19)20-12-5-2-6-13-20/h1-5,7-12,14,16H,6,13,15,21H2/q+1. The molecular weight excluding hydrogens is 285 g/mol. The first-order valence-corrected chi connectivity index (χ1v) is 9.12. The van der Waals surface area contributed by atoms with Crippen LogP contribution in [0, 0.1) is 0 Å². The van der Waals surface area contributed by atoms with Gasteiger partial charge in [-0.3, -0.25) is 0 Å². The molecule has 1 aliphatic carbocycles. The Hall–Kier alpha value is -1.95. The molecular formula is C20H21NP+. The number of nitrogens with two attached hydrogens (primary N) is 1. The molecule has 0 aliphatic heterocycles. The lowest BCUT2D eigenvalue weighted by Crippen LogP contribution is -2.01. The van der Waals surface area contributed by atoms with E-state index in [1.54, 1.807) is 5.31 Å². The van der Waals surface area contributed by atoms with Crippen LogP contribution < -0.4 is 11.0 Å². The summed E-state index contributed by atoms with van der Waals surface area (Å²) in [6.45, 7) is 0.594. The molecule has 2 N–H and O–H groups in total. The zero-order valence-corrected chi connectivity index (χ0v) is 13.5. The topological polar surface area (TPSA) is 26.0 Å². The molecule has 1 atom stereocenters. The van der Waals surface area contributed by atoms with Crippen LogP contribution in [0.15, 0.2) is 78.1 Å². The van der Waals surface area contributed by atoms with Crippen molar-refractivity contribution >= 4 is 18.6 Å². The summed E-state index contributed by atoms with van der Waals surface area (Å²) in [4.78, 5) is 0. The molecule has 0 saturated carbocycles. The van der Waals surface area contributed by atoms with E-state index in [-0.39, 0.29) is 0 Å².